The summed E-state index contributed by atoms with van der Waals surface area (Å²) in [4.78, 5) is 13.6. The van der Waals surface area contributed by atoms with Crippen LogP contribution >= 0.6 is 0 Å². The second kappa shape index (κ2) is 5.54. The van der Waals surface area contributed by atoms with Crippen LogP contribution < -0.4 is 0 Å². The first-order valence-electron chi connectivity index (χ1n) is 6.13. The third-order valence-electron chi connectivity index (χ3n) is 2.78. The molecule has 2 atom stereocenters. The lowest BCUT2D eigenvalue weighted by molar-refractivity contribution is -0.0220. The Morgan fingerprint density at radius 1 is 1.59 bits per heavy atom. The van der Waals surface area contributed by atoms with E-state index in [9.17, 15) is 9.90 Å². The van der Waals surface area contributed by atoms with E-state index in [1.165, 1.54) is 0 Å². The number of carbonyl (C=O) groups excluding carboxylic acids is 1. The molecule has 1 fully saturated rings. The number of piperidine rings is 1. The quantitative estimate of drug-likeness (QED) is 0.755. The highest BCUT2D eigenvalue weighted by Gasteiger charge is 2.34. The van der Waals surface area contributed by atoms with E-state index in [1.54, 1.807) is 11.0 Å². The van der Waals surface area contributed by atoms with Gasteiger partial charge in [0.2, 0.25) is 0 Å². The van der Waals surface area contributed by atoms with Gasteiger partial charge in [-0.3, -0.25) is 0 Å². The van der Waals surface area contributed by atoms with Crippen molar-refractivity contribution in [2.75, 3.05) is 6.54 Å². The van der Waals surface area contributed by atoms with Crippen molar-refractivity contribution in [3.8, 4) is 0 Å². The van der Waals surface area contributed by atoms with Crippen molar-refractivity contribution in [1.29, 1.82) is 0 Å². The Morgan fingerprint density at radius 2 is 2.24 bits per heavy atom. The number of likely N-dealkylation sites (tertiary alicyclic amines) is 1. The second-order valence-corrected chi connectivity index (χ2v) is 5.48. The van der Waals surface area contributed by atoms with Crippen molar-refractivity contribution in [2.45, 2.75) is 57.8 Å². The van der Waals surface area contributed by atoms with Crippen LogP contribution in [0.2, 0.25) is 0 Å². The molecular weight excluding hydrogens is 218 g/mol. The van der Waals surface area contributed by atoms with Crippen LogP contribution in [0.3, 0.4) is 0 Å². The van der Waals surface area contributed by atoms with E-state index in [-0.39, 0.29) is 12.1 Å². The molecule has 1 saturated heterocycles. The second-order valence-electron chi connectivity index (χ2n) is 5.48. The van der Waals surface area contributed by atoms with Crippen molar-refractivity contribution >= 4 is 6.09 Å². The standard InChI is InChI=1S/C13H23NO3/c1-5-7-10-11(15)8-6-9-14(10)12(16)17-13(2,3)4/h5,10-11,15H,1,6-9H2,2-4H3. The van der Waals surface area contributed by atoms with Gasteiger partial charge in [-0.25, -0.2) is 4.79 Å². The van der Waals surface area contributed by atoms with Gasteiger partial charge in [0, 0.05) is 6.54 Å². The molecule has 1 amide bonds. The highest BCUT2D eigenvalue weighted by molar-refractivity contribution is 5.68. The first-order valence-corrected chi connectivity index (χ1v) is 6.13. The molecule has 0 saturated carbocycles. The molecule has 0 spiro atoms. The molecule has 4 nitrogen and oxygen atoms in total. The van der Waals surface area contributed by atoms with E-state index in [0.29, 0.717) is 13.0 Å². The molecular formula is C13H23NO3. The number of aliphatic hydroxyl groups excluding tert-OH is 1. The maximum atomic E-state index is 12.0. The van der Waals surface area contributed by atoms with Gasteiger partial charge in [0.25, 0.3) is 0 Å². The molecule has 0 bridgehead atoms. The van der Waals surface area contributed by atoms with E-state index < -0.39 is 11.7 Å². The number of aliphatic hydroxyl groups is 1. The summed E-state index contributed by atoms with van der Waals surface area (Å²) in [6.45, 7) is 9.83. The fourth-order valence-electron chi connectivity index (χ4n) is 2.04. The lowest BCUT2D eigenvalue weighted by Gasteiger charge is -2.39. The lowest BCUT2D eigenvalue weighted by Crippen LogP contribution is -2.52. The maximum Gasteiger partial charge on any atom is 0.410 e. The number of nitrogens with zero attached hydrogens (tertiary/aromatic N) is 1. The third kappa shape index (κ3) is 4.04. The van der Waals surface area contributed by atoms with Crippen molar-refractivity contribution in [2.24, 2.45) is 0 Å². The summed E-state index contributed by atoms with van der Waals surface area (Å²) in [5, 5.41) is 9.92. The van der Waals surface area contributed by atoms with Crippen LogP contribution in [-0.4, -0.2) is 40.4 Å². The first kappa shape index (κ1) is 14.0. The summed E-state index contributed by atoms with van der Waals surface area (Å²) in [5.74, 6) is 0. The van der Waals surface area contributed by atoms with Gasteiger partial charge in [0.05, 0.1) is 12.1 Å². The highest BCUT2D eigenvalue weighted by atomic mass is 16.6. The van der Waals surface area contributed by atoms with Crippen molar-refractivity contribution < 1.29 is 14.6 Å². The predicted molar refractivity (Wildman–Crippen MR) is 66.8 cm³/mol. The van der Waals surface area contributed by atoms with E-state index in [2.05, 4.69) is 6.58 Å². The summed E-state index contributed by atoms with van der Waals surface area (Å²) in [7, 11) is 0. The average Bonchev–Trinajstić information content (AvgIpc) is 2.18. The largest absolute Gasteiger partial charge is 0.444 e. The number of carbonyl (C=O) groups is 1. The lowest BCUT2D eigenvalue weighted by atomic mass is 9.96. The van der Waals surface area contributed by atoms with E-state index in [0.717, 1.165) is 12.8 Å². The van der Waals surface area contributed by atoms with Crippen molar-refractivity contribution in [3.63, 3.8) is 0 Å². The van der Waals surface area contributed by atoms with Crippen LogP contribution in [0.15, 0.2) is 12.7 Å². The molecule has 0 aliphatic carbocycles. The smallest absolute Gasteiger partial charge is 0.410 e. The minimum absolute atomic E-state index is 0.198. The van der Waals surface area contributed by atoms with Crippen LogP contribution in [0.25, 0.3) is 0 Å². The van der Waals surface area contributed by atoms with E-state index in [4.69, 9.17) is 4.74 Å². The molecule has 1 aliphatic rings. The fourth-order valence-corrected chi connectivity index (χ4v) is 2.04. The Morgan fingerprint density at radius 3 is 2.76 bits per heavy atom. The molecule has 1 aliphatic heterocycles. The Labute approximate surface area is 103 Å². The zero-order valence-electron chi connectivity index (χ0n) is 11.0. The van der Waals surface area contributed by atoms with Crippen LogP contribution in [-0.2, 0) is 4.74 Å². The minimum Gasteiger partial charge on any atom is -0.444 e. The van der Waals surface area contributed by atoms with Gasteiger partial charge < -0.3 is 14.7 Å². The first-order chi connectivity index (χ1) is 7.85. The Kier molecular flexibility index (Phi) is 4.57. The molecule has 1 N–H and O–H groups in total. The zero-order chi connectivity index (χ0) is 13.1. The third-order valence-corrected chi connectivity index (χ3v) is 2.78. The number of rotatable bonds is 2. The molecule has 17 heavy (non-hydrogen) atoms. The van der Waals surface area contributed by atoms with E-state index >= 15 is 0 Å². The molecule has 4 heteroatoms. The van der Waals surface area contributed by atoms with Gasteiger partial charge >= 0.3 is 6.09 Å². The van der Waals surface area contributed by atoms with Gasteiger partial charge in [-0.05, 0) is 40.0 Å². The van der Waals surface area contributed by atoms with E-state index in [1.807, 2.05) is 20.8 Å². The SMILES string of the molecule is C=CCC1C(O)CCCN1C(=O)OC(C)(C)C. The average molecular weight is 241 g/mol. The zero-order valence-corrected chi connectivity index (χ0v) is 11.0. The monoisotopic (exact) mass is 241 g/mol. The van der Waals surface area contributed by atoms with Crippen molar-refractivity contribution in [3.05, 3.63) is 12.7 Å². The predicted octanol–water partition coefficient (Wildman–Crippen LogP) is 2.32. The summed E-state index contributed by atoms with van der Waals surface area (Å²) >= 11 is 0. The molecule has 0 aromatic carbocycles. The van der Waals surface area contributed by atoms with Gasteiger partial charge in [0.1, 0.15) is 5.60 Å². The number of ether oxygens (including phenoxy) is 1. The van der Waals surface area contributed by atoms with Gasteiger partial charge in [-0.1, -0.05) is 6.08 Å². The maximum absolute atomic E-state index is 12.0. The number of hydrogen-bond acceptors (Lipinski definition) is 3. The molecule has 2 unspecified atom stereocenters. The summed E-state index contributed by atoms with van der Waals surface area (Å²) < 4.78 is 5.34. The van der Waals surface area contributed by atoms with Gasteiger partial charge in [0.15, 0.2) is 0 Å². The molecule has 1 heterocycles. The summed E-state index contributed by atoms with van der Waals surface area (Å²) in [5.41, 5.74) is -0.502. The number of amides is 1. The van der Waals surface area contributed by atoms with Gasteiger partial charge in [-0.15, -0.1) is 6.58 Å². The molecule has 0 aromatic heterocycles. The topological polar surface area (TPSA) is 49.8 Å². The van der Waals surface area contributed by atoms with Crippen LogP contribution in [0.1, 0.15) is 40.0 Å². The normalized spacial score (nSPS) is 25.5. The van der Waals surface area contributed by atoms with Crippen LogP contribution in [0.4, 0.5) is 4.79 Å². The fraction of sp³-hybridized carbons (Fsp3) is 0.769. The molecule has 1 rings (SSSR count). The van der Waals surface area contributed by atoms with Crippen LogP contribution in [0, 0.1) is 0 Å². The highest BCUT2D eigenvalue weighted by Crippen LogP contribution is 2.23. The minimum atomic E-state index is -0.502. The molecule has 0 aromatic rings. The summed E-state index contributed by atoms with van der Waals surface area (Å²) in [6, 6.07) is -0.198. The van der Waals surface area contributed by atoms with Gasteiger partial charge in [-0.2, -0.15) is 0 Å². The Balaban J connectivity index is 2.71. The summed E-state index contributed by atoms with van der Waals surface area (Å²) in [6.07, 6.45) is 3.06. The number of hydrogen-bond donors (Lipinski definition) is 1. The molecule has 0 radical (unpaired) electrons. The van der Waals surface area contributed by atoms with Crippen molar-refractivity contribution in [1.82, 2.24) is 4.90 Å². The molecule has 98 valence electrons. The Hall–Kier alpha value is -1.03. The van der Waals surface area contributed by atoms with Crippen LogP contribution in [0.5, 0.6) is 0 Å². The Bertz CT molecular complexity index is 283.